The van der Waals surface area contributed by atoms with Crippen LogP contribution < -0.4 is 5.32 Å². The minimum absolute atomic E-state index is 0.169. The summed E-state index contributed by atoms with van der Waals surface area (Å²) in [6.07, 6.45) is -4.46. The molecular weight excluding hydrogens is 222 g/mol. The molecule has 1 nitrogen and oxygen atoms in total. The van der Waals surface area contributed by atoms with Crippen LogP contribution in [0.2, 0.25) is 0 Å². The van der Waals surface area contributed by atoms with E-state index in [-0.39, 0.29) is 12.2 Å². The average molecular weight is 233 g/mol. The maximum atomic E-state index is 13.1. The highest BCUT2D eigenvalue weighted by Gasteiger charge is 2.31. The molecule has 1 aromatic carbocycles. The van der Waals surface area contributed by atoms with Gasteiger partial charge in [0.2, 0.25) is 0 Å². The summed E-state index contributed by atoms with van der Waals surface area (Å²) >= 11 is 0. The number of nitrogens with one attached hydrogen (secondary N) is 1. The van der Waals surface area contributed by atoms with E-state index in [2.05, 4.69) is 11.9 Å². The maximum Gasteiger partial charge on any atom is 0.416 e. The number of anilines is 1. The van der Waals surface area contributed by atoms with Crippen molar-refractivity contribution in [2.75, 3.05) is 11.9 Å². The van der Waals surface area contributed by atoms with E-state index in [4.69, 9.17) is 0 Å². The normalized spacial score (nSPS) is 11.3. The molecule has 0 aliphatic rings. The van der Waals surface area contributed by atoms with Gasteiger partial charge in [0.15, 0.2) is 0 Å². The molecule has 0 bridgehead atoms. The van der Waals surface area contributed by atoms with Crippen LogP contribution in [-0.4, -0.2) is 6.54 Å². The molecule has 1 rings (SSSR count). The first kappa shape index (κ1) is 12.5. The number of hydrogen-bond donors (Lipinski definition) is 1. The second kappa shape index (κ2) is 4.55. The van der Waals surface area contributed by atoms with E-state index >= 15 is 0 Å². The van der Waals surface area contributed by atoms with Crippen LogP contribution in [0.3, 0.4) is 0 Å². The zero-order valence-electron chi connectivity index (χ0n) is 8.66. The summed E-state index contributed by atoms with van der Waals surface area (Å²) in [5.74, 6) is -0.714. The molecule has 0 radical (unpaired) electrons. The quantitative estimate of drug-likeness (QED) is 0.618. The smallest absolute Gasteiger partial charge is 0.379 e. The minimum Gasteiger partial charge on any atom is -0.379 e. The number of halogens is 4. The molecule has 1 aromatic rings. The molecule has 0 saturated heterocycles. The van der Waals surface area contributed by atoms with E-state index in [0.29, 0.717) is 11.6 Å². The summed E-state index contributed by atoms with van der Waals surface area (Å²) in [5, 5.41) is 2.55. The SMILES string of the molecule is C=C(C)CNc1cc(C(F)(F)F)ccc1F. The van der Waals surface area contributed by atoms with Crippen molar-refractivity contribution in [3.8, 4) is 0 Å². The fourth-order valence-corrected chi connectivity index (χ4v) is 1.08. The summed E-state index contributed by atoms with van der Waals surface area (Å²) in [6, 6.07) is 2.25. The Balaban J connectivity index is 2.95. The van der Waals surface area contributed by atoms with Gasteiger partial charge in [-0.25, -0.2) is 4.39 Å². The van der Waals surface area contributed by atoms with Crippen molar-refractivity contribution < 1.29 is 17.6 Å². The summed E-state index contributed by atoms with van der Waals surface area (Å²) in [4.78, 5) is 0. The summed E-state index contributed by atoms with van der Waals surface area (Å²) in [5.41, 5.74) is -0.340. The highest BCUT2D eigenvalue weighted by Crippen LogP contribution is 2.31. The molecule has 0 fully saturated rings. The first-order valence-corrected chi connectivity index (χ1v) is 4.55. The zero-order chi connectivity index (χ0) is 12.3. The van der Waals surface area contributed by atoms with Crippen LogP contribution in [0.15, 0.2) is 30.4 Å². The van der Waals surface area contributed by atoms with Crippen molar-refractivity contribution in [1.29, 1.82) is 0 Å². The van der Waals surface area contributed by atoms with E-state index in [1.54, 1.807) is 6.92 Å². The van der Waals surface area contributed by atoms with Crippen LogP contribution in [0.5, 0.6) is 0 Å². The Kier molecular flexibility index (Phi) is 3.57. The lowest BCUT2D eigenvalue weighted by molar-refractivity contribution is -0.137. The molecule has 0 atom stereocenters. The van der Waals surface area contributed by atoms with Crippen molar-refractivity contribution in [3.63, 3.8) is 0 Å². The molecular formula is C11H11F4N. The lowest BCUT2D eigenvalue weighted by Gasteiger charge is -2.11. The average Bonchev–Trinajstić information content (AvgIpc) is 2.14. The lowest BCUT2D eigenvalue weighted by Crippen LogP contribution is -2.09. The lowest BCUT2D eigenvalue weighted by atomic mass is 10.2. The number of benzene rings is 1. The van der Waals surface area contributed by atoms with Gasteiger partial charge in [0.25, 0.3) is 0 Å². The van der Waals surface area contributed by atoms with E-state index in [1.165, 1.54) is 0 Å². The fourth-order valence-electron chi connectivity index (χ4n) is 1.08. The first-order chi connectivity index (χ1) is 7.30. The molecule has 0 unspecified atom stereocenters. The first-order valence-electron chi connectivity index (χ1n) is 4.55. The van der Waals surface area contributed by atoms with E-state index in [9.17, 15) is 17.6 Å². The minimum atomic E-state index is -4.46. The van der Waals surface area contributed by atoms with E-state index in [1.807, 2.05) is 0 Å². The largest absolute Gasteiger partial charge is 0.416 e. The van der Waals surface area contributed by atoms with Gasteiger partial charge in [-0.2, -0.15) is 13.2 Å². The third-order valence-electron chi connectivity index (χ3n) is 1.87. The Bertz CT molecular complexity index is 395. The Hall–Kier alpha value is -1.52. The van der Waals surface area contributed by atoms with Crippen molar-refractivity contribution in [3.05, 3.63) is 41.7 Å². The molecule has 16 heavy (non-hydrogen) atoms. The predicted octanol–water partition coefficient (Wildman–Crippen LogP) is 3.83. The molecule has 0 aliphatic carbocycles. The number of alkyl halides is 3. The Morgan fingerprint density at radius 1 is 1.38 bits per heavy atom. The van der Waals surface area contributed by atoms with E-state index in [0.717, 1.165) is 12.1 Å². The Labute approximate surface area is 90.8 Å². The molecule has 0 heterocycles. The van der Waals surface area contributed by atoms with Crippen molar-refractivity contribution >= 4 is 5.69 Å². The van der Waals surface area contributed by atoms with Crippen molar-refractivity contribution in [2.45, 2.75) is 13.1 Å². The summed E-state index contributed by atoms with van der Waals surface area (Å²) in [7, 11) is 0. The Morgan fingerprint density at radius 2 is 2.00 bits per heavy atom. The van der Waals surface area contributed by atoms with Crippen LogP contribution in [0, 0.1) is 5.82 Å². The maximum absolute atomic E-state index is 13.1. The van der Waals surface area contributed by atoms with Gasteiger partial charge in [-0.05, 0) is 25.1 Å². The molecule has 1 N–H and O–H groups in total. The third kappa shape index (κ3) is 3.25. The molecule has 0 aromatic heterocycles. The van der Waals surface area contributed by atoms with Gasteiger partial charge in [-0.1, -0.05) is 12.2 Å². The highest BCUT2D eigenvalue weighted by molar-refractivity contribution is 5.48. The van der Waals surface area contributed by atoms with Crippen molar-refractivity contribution in [1.82, 2.24) is 0 Å². The molecule has 0 amide bonds. The fraction of sp³-hybridized carbons (Fsp3) is 0.273. The second-order valence-electron chi connectivity index (χ2n) is 3.50. The molecule has 0 aliphatic heterocycles. The monoisotopic (exact) mass is 233 g/mol. The van der Waals surface area contributed by atoms with Gasteiger partial charge in [0.05, 0.1) is 11.3 Å². The van der Waals surface area contributed by atoms with Crippen LogP contribution in [0.25, 0.3) is 0 Å². The summed E-state index contributed by atoms with van der Waals surface area (Å²) < 4.78 is 50.1. The second-order valence-corrected chi connectivity index (χ2v) is 3.50. The molecule has 0 saturated carbocycles. The standard InChI is InChI=1S/C11H11F4N/c1-7(2)6-16-10-5-8(11(13,14)15)3-4-9(10)12/h3-5,16H,1,6H2,2H3. The van der Waals surface area contributed by atoms with Crippen molar-refractivity contribution in [2.24, 2.45) is 0 Å². The van der Waals surface area contributed by atoms with Gasteiger partial charge in [0, 0.05) is 6.54 Å². The van der Waals surface area contributed by atoms with Gasteiger partial charge >= 0.3 is 6.18 Å². The number of rotatable bonds is 3. The van der Waals surface area contributed by atoms with Crippen LogP contribution in [0.1, 0.15) is 12.5 Å². The molecule has 88 valence electrons. The number of hydrogen-bond acceptors (Lipinski definition) is 1. The van der Waals surface area contributed by atoms with Gasteiger partial charge < -0.3 is 5.32 Å². The zero-order valence-corrected chi connectivity index (χ0v) is 8.66. The van der Waals surface area contributed by atoms with Crippen LogP contribution >= 0.6 is 0 Å². The van der Waals surface area contributed by atoms with Crippen LogP contribution in [-0.2, 0) is 6.18 Å². The molecule has 0 spiro atoms. The predicted molar refractivity (Wildman–Crippen MR) is 54.7 cm³/mol. The van der Waals surface area contributed by atoms with Gasteiger partial charge in [-0.15, -0.1) is 0 Å². The topological polar surface area (TPSA) is 12.0 Å². The van der Waals surface area contributed by atoms with Crippen LogP contribution in [0.4, 0.5) is 23.2 Å². The Morgan fingerprint density at radius 3 is 2.50 bits per heavy atom. The summed E-state index contributed by atoms with van der Waals surface area (Å²) in [6.45, 7) is 5.49. The van der Waals surface area contributed by atoms with Gasteiger partial charge in [0.1, 0.15) is 5.82 Å². The van der Waals surface area contributed by atoms with E-state index < -0.39 is 17.6 Å². The molecule has 5 heteroatoms. The van der Waals surface area contributed by atoms with Gasteiger partial charge in [-0.3, -0.25) is 0 Å². The highest BCUT2D eigenvalue weighted by atomic mass is 19.4. The third-order valence-corrected chi connectivity index (χ3v) is 1.87.